The van der Waals surface area contributed by atoms with Crippen molar-refractivity contribution >= 4 is 5.91 Å². The van der Waals surface area contributed by atoms with Gasteiger partial charge in [0.25, 0.3) is 5.91 Å². The minimum atomic E-state index is -0.911. The third-order valence-electron chi connectivity index (χ3n) is 4.86. The molecule has 3 nitrogen and oxygen atoms in total. The van der Waals surface area contributed by atoms with Crippen molar-refractivity contribution in [3.05, 3.63) is 70.8 Å². The average Bonchev–Trinajstić information content (AvgIpc) is 2.65. The first-order valence-corrected chi connectivity index (χ1v) is 9.10. The molecule has 0 bridgehead atoms. The van der Waals surface area contributed by atoms with Crippen molar-refractivity contribution in [3.63, 3.8) is 0 Å². The molecular weight excluding hydrogens is 334 g/mol. The first-order chi connectivity index (χ1) is 12.5. The van der Waals surface area contributed by atoms with Crippen molar-refractivity contribution in [1.82, 2.24) is 10.2 Å². The maximum atomic E-state index is 13.3. The number of carbonyl (C=O) groups is 1. The Balaban J connectivity index is 1.59. The number of amides is 1. The Morgan fingerprint density at radius 2 is 1.73 bits per heavy atom. The smallest absolute Gasteiger partial charge is 0.251 e. The zero-order valence-electron chi connectivity index (χ0n) is 15.0. The number of nitrogens with one attached hydrogen (secondary N) is 1. The van der Waals surface area contributed by atoms with Crippen LogP contribution in [0.2, 0.25) is 0 Å². The predicted octanol–water partition coefficient (Wildman–Crippen LogP) is 4.44. The lowest BCUT2D eigenvalue weighted by Crippen LogP contribution is -2.29. The zero-order valence-corrected chi connectivity index (χ0v) is 15.0. The lowest BCUT2D eigenvalue weighted by atomic mass is 10.1. The Bertz CT molecular complexity index is 755. The van der Waals surface area contributed by atoms with Gasteiger partial charge in [0, 0.05) is 12.1 Å². The monoisotopic (exact) mass is 358 g/mol. The van der Waals surface area contributed by atoms with Crippen LogP contribution in [0.1, 0.15) is 53.7 Å². The van der Waals surface area contributed by atoms with Crippen molar-refractivity contribution in [2.45, 2.75) is 38.8 Å². The molecule has 2 aromatic rings. The van der Waals surface area contributed by atoms with Gasteiger partial charge < -0.3 is 5.32 Å². The van der Waals surface area contributed by atoms with Crippen LogP contribution in [0.3, 0.4) is 0 Å². The first kappa shape index (κ1) is 18.5. The molecule has 2 aromatic carbocycles. The molecule has 1 saturated heterocycles. The summed E-state index contributed by atoms with van der Waals surface area (Å²) >= 11 is 0. The molecule has 0 radical (unpaired) electrons. The second kappa shape index (κ2) is 8.41. The Hall–Kier alpha value is -2.27. The summed E-state index contributed by atoms with van der Waals surface area (Å²) in [6, 6.07) is 10.8. The number of hydrogen-bond donors (Lipinski definition) is 1. The van der Waals surface area contributed by atoms with Gasteiger partial charge in [-0.05, 0) is 68.2 Å². The highest BCUT2D eigenvalue weighted by Gasteiger charge is 2.14. The molecule has 138 valence electrons. The quantitative estimate of drug-likeness (QED) is 0.857. The van der Waals surface area contributed by atoms with Crippen LogP contribution in [0, 0.1) is 11.6 Å². The van der Waals surface area contributed by atoms with Gasteiger partial charge in [-0.1, -0.05) is 24.6 Å². The highest BCUT2D eigenvalue weighted by Crippen LogP contribution is 2.17. The summed E-state index contributed by atoms with van der Waals surface area (Å²) < 4.78 is 26.4. The van der Waals surface area contributed by atoms with Crippen molar-refractivity contribution < 1.29 is 13.6 Å². The van der Waals surface area contributed by atoms with Gasteiger partial charge in [0.2, 0.25) is 0 Å². The van der Waals surface area contributed by atoms with Gasteiger partial charge >= 0.3 is 0 Å². The lowest BCUT2D eigenvalue weighted by molar-refractivity contribution is 0.0939. The Labute approximate surface area is 153 Å². The van der Waals surface area contributed by atoms with Crippen LogP contribution in [0.15, 0.2) is 42.5 Å². The van der Waals surface area contributed by atoms with Crippen LogP contribution in [0.4, 0.5) is 8.78 Å². The molecule has 0 aliphatic carbocycles. The molecule has 0 aromatic heterocycles. The number of rotatable bonds is 5. The van der Waals surface area contributed by atoms with E-state index in [2.05, 4.69) is 10.2 Å². The largest absolute Gasteiger partial charge is 0.346 e. The van der Waals surface area contributed by atoms with E-state index in [1.54, 1.807) is 6.92 Å². The minimum absolute atomic E-state index is 0.230. The number of piperidine rings is 1. The third kappa shape index (κ3) is 4.67. The van der Waals surface area contributed by atoms with E-state index in [0.717, 1.165) is 31.8 Å². The van der Waals surface area contributed by atoms with E-state index < -0.39 is 17.7 Å². The lowest BCUT2D eigenvalue weighted by Gasteiger charge is -2.26. The molecule has 0 saturated carbocycles. The molecule has 5 heteroatoms. The molecule has 1 fully saturated rings. The van der Waals surface area contributed by atoms with Crippen LogP contribution in [0.25, 0.3) is 0 Å². The topological polar surface area (TPSA) is 32.3 Å². The normalized spacial score (nSPS) is 16.3. The third-order valence-corrected chi connectivity index (χ3v) is 4.86. The number of likely N-dealkylation sites (tertiary alicyclic amines) is 1. The van der Waals surface area contributed by atoms with Gasteiger partial charge in [-0.25, -0.2) is 8.78 Å². The number of carbonyl (C=O) groups excluding carboxylic acids is 1. The predicted molar refractivity (Wildman–Crippen MR) is 97.8 cm³/mol. The highest BCUT2D eigenvalue weighted by atomic mass is 19.2. The summed E-state index contributed by atoms with van der Waals surface area (Å²) in [5, 5.41) is 2.82. The van der Waals surface area contributed by atoms with Crippen molar-refractivity contribution in [2.24, 2.45) is 0 Å². The van der Waals surface area contributed by atoms with Crippen molar-refractivity contribution in [1.29, 1.82) is 0 Å². The van der Waals surface area contributed by atoms with Gasteiger partial charge in [0.15, 0.2) is 11.6 Å². The SMILES string of the molecule is C[C@H](NC(=O)c1ccc(CN2CCCCC2)cc1)c1ccc(F)c(F)c1. The van der Waals surface area contributed by atoms with Gasteiger partial charge in [-0.15, -0.1) is 0 Å². The molecule has 1 heterocycles. The molecule has 1 aliphatic rings. The van der Waals surface area contributed by atoms with E-state index in [-0.39, 0.29) is 5.91 Å². The first-order valence-electron chi connectivity index (χ1n) is 9.10. The summed E-state index contributed by atoms with van der Waals surface area (Å²) in [4.78, 5) is 14.8. The summed E-state index contributed by atoms with van der Waals surface area (Å²) in [6.07, 6.45) is 3.82. The summed E-state index contributed by atoms with van der Waals surface area (Å²) in [7, 11) is 0. The molecule has 1 aliphatic heterocycles. The van der Waals surface area contributed by atoms with E-state index in [1.165, 1.54) is 30.9 Å². The Morgan fingerprint density at radius 3 is 2.38 bits per heavy atom. The fraction of sp³-hybridized carbons (Fsp3) is 0.381. The highest BCUT2D eigenvalue weighted by molar-refractivity contribution is 5.94. The van der Waals surface area contributed by atoms with E-state index in [4.69, 9.17) is 0 Å². The van der Waals surface area contributed by atoms with Gasteiger partial charge in [-0.2, -0.15) is 0 Å². The van der Waals surface area contributed by atoms with E-state index in [0.29, 0.717) is 11.1 Å². The van der Waals surface area contributed by atoms with Gasteiger partial charge in [0.05, 0.1) is 6.04 Å². The fourth-order valence-corrected chi connectivity index (χ4v) is 3.28. The minimum Gasteiger partial charge on any atom is -0.346 e. The standard InChI is InChI=1S/C21H24F2N2O/c1-15(18-9-10-19(22)20(23)13-18)24-21(26)17-7-5-16(6-8-17)14-25-11-3-2-4-12-25/h5-10,13,15H,2-4,11-12,14H2,1H3,(H,24,26)/t15-/m0/s1. The number of hydrogen-bond acceptors (Lipinski definition) is 2. The molecular formula is C21H24F2N2O. The van der Waals surface area contributed by atoms with Crippen LogP contribution in [-0.4, -0.2) is 23.9 Å². The molecule has 0 unspecified atom stereocenters. The fourth-order valence-electron chi connectivity index (χ4n) is 3.28. The van der Waals surface area contributed by atoms with Crippen LogP contribution in [-0.2, 0) is 6.54 Å². The van der Waals surface area contributed by atoms with Crippen molar-refractivity contribution in [3.8, 4) is 0 Å². The van der Waals surface area contributed by atoms with Crippen LogP contribution >= 0.6 is 0 Å². The average molecular weight is 358 g/mol. The molecule has 0 spiro atoms. The van der Waals surface area contributed by atoms with E-state index in [1.807, 2.05) is 24.3 Å². The maximum absolute atomic E-state index is 13.3. The van der Waals surface area contributed by atoms with Crippen molar-refractivity contribution in [2.75, 3.05) is 13.1 Å². The summed E-state index contributed by atoms with van der Waals surface area (Å²) in [5.41, 5.74) is 2.28. The zero-order chi connectivity index (χ0) is 18.5. The van der Waals surface area contributed by atoms with Crippen LogP contribution in [0.5, 0.6) is 0 Å². The van der Waals surface area contributed by atoms with Crippen LogP contribution < -0.4 is 5.32 Å². The molecule has 3 rings (SSSR count). The summed E-state index contributed by atoms with van der Waals surface area (Å²) in [5.74, 6) is -2.03. The van der Waals surface area contributed by atoms with Gasteiger partial charge in [-0.3, -0.25) is 9.69 Å². The van der Waals surface area contributed by atoms with E-state index in [9.17, 15) is 13.6 Å². The second-order valence-corrected chi connectivity index (χ2v) is 6.90. The maximum Gasteiger partial charge on any atom is 0.251 e. The number of halogens is 2. The van der Waals surface area contributed by atoms with Gasteiger partial charge in [0.1, 0.15) is 0 Å². The Morgan fingerprint density at radius 1 is 1.04 bits per heavy atom. The Kier molecular flexibility index (Phi) is 5.99. The van der Waals surface area contributed by atoms with E-state index >= 15 is 0 Å². The summed E-state index contributed by atoms with van der Waals surface area (Å²) in [6.45, 7) is 4.92. The molecule has 1 amide bonds. The number of nitrogens with zero attached hydrogens (tertiary/aromatic N) is 1. The molecule has 26 heavy (non-hydrogen) atoms. The second-order valence-electron chi connectivity index (χ2n) is 6.90. The molecule has 1 N–H and O–H groups in total. The molecule has 1 atom stereocenters. The number of benzene rings is 2.